The minimum Gasteiger partial charge on any atom is -0.277 e. The number of fused-ring (bicyclic) bond motifs is 3. The first-order valence-corrected chi connectivity index (χ1v) is 8.12. The van der Waals surface area contributed by atoms with E-state index in [-0.39, 0.29) is 11.1 Å². The van der Waals surface area contributed by atoms with Gasteiger partial charge < -0.3 is 0 Å². The molecule has 3 rings (SSSR count). The van der Waals surface area contributed by atoms with Gasteiger partial charge in [0.05, 0.1) is 27.7 Å². The lowest BCUT2D eigenvalue weighted by atomic mass is 10.3. The van der Waals surface area contributed by atoms with Gasteiger partial charge in [-0.15, -0.1) is 22.7 Å². The SMILES string of the molecule is Cn1c(=O)c2cc(Br)sc2c2sc(Br)cc2c1=O. The number of hydrogen-bond donors (Lipinski definition) is 0. The van der Waals surface area contributed by atoms with Gasteiger partial charge >= 0.3 is 0 Å². The van der Waals surface area contributed by atoms with E-state index in [0.29, 0.717) is 10.8 Å². The highest BCUT2D eigenvalue weighted by molar-refractivity contribution is 9.11. The van der Waals surface area contributed by atoms with Crippen molar-refractivity contribution in [3.8, 4) is 0 Å². The molecule has 7 heteroatoms. The average Bonchev–Trinajstić information content (AvgIpc) is 2.87. The second-order valence-electron chi connectivity index (χ2n) is 3.76. The van der Waals surface area contributed by atoms with E-state index >= 15 is 0 Å². The van der Waals surface area contributed by atoms with Gasteiger partial charge in [-0.05, 0) is 44.0 Å². The summed E-state index contributed by atoms with van der Waals surface area (Å²) in [6, 6.07) is 3.55. The van der Waals surface area contributed by atoms with Gasteiger partial charge in [0.2, 0.25) is 0 Å². The maximum Gasteiger partial charge on any atom is 0.262 e. The Morgan fingerprint density at radius 1 is 0.944 bits per heavy atom. The fraction of sp³-hybridized carbons (Fsp3) is 0.0909. The van der Waals surface area contributed by atoms with Crippen LogP contribution in [0, 0.1) is 0 Å². The zero-order valence-corrected chi connectivity index (χ0v) is 13.8. The van der Waals surface area contributed by atoms with Crippen LogP contribution < -0.4 is 11.1 Å². The van der Waals surface area contributed by atoms with Crippen molar-refractivity contribution in [2.24, 2.45) is 7.05 Å². The van der Waals surface area contributed by atoms with E-state index in [9.17, 15) is 9.59 Å². The molecular formula is C11H5Br2NO2S2. The van der Waals surface area contributed by atoms with Crippen molar-refractivity contribution in [3.05, 3.63) is 40.4 Å². The molecule has 0 N–H and O–H groups in total. The van der Waals surface area contributed by atoms with Crippen molar-refractivity contribution in [3.63, 3.8) is 0 Å². The van der Waals surface area contributed by atoms with Crippen LogP contribution in [-0.2, 0) is 7.05 Å². The van der Waals surface area contributed by atoms with Gasteiger partial charge in [-0.3, -0.25) is 14.2 Å². The molecule has 0 fully saturated rings. The van der Waals surface area contributed by atoms with Crippen molar-refractivity contribution >= 4 is 74.7 Å². The van der Waals surface area contributed by atoms with Crippen LogP contribution in [-0.4, -0.2) is 4.57 Å². The van der Waals surface area contributed by atoms with Gasteiger partial charge in [-0.25, -0.2) is 0 Å². The Balaban J connectivity index is 2.82. The first-order chi connectivity index (χ1) is 8.49. The number of nitrogens with zero attached hydrogens (tertiary/aromatic N) is 1. The van der Waals surface area contributed by atoms with Crippen LogP contribution in [0.25, 0.3) is 20.2 Å². The van der Waals surface area contributed by atoms with E-state index in [1.165, 1.54) is 34.3 Å². The van der Waals surface area contributed by atoms with E-state index in [1.54, 1.807) is 12.1 Å². The summed E-state index contributed by atoms with van der Waals surface area (Å²) in [6.07, 6.45) is 0. The molecular weight excluding hydrogens is 402 g/mol. The number of aromatic nitrogens is 1. The first kappa shape index (κ1) is 12.5. The number of halogens is 2. The number of rotatable bonds is 0. The van der Waals surface area contributed by atoms with E-state index in [4.69, 9.17) is 0 Å². The Morgan fingerprint density at radius 2 is 1.33 bits per heavy atom. The molecule has 18 heavy (non-hydrogen) atoms. The van der Waals surface area contributed by atoms with E-state index in [2.05, 4.69) is 31.9 Å². The predicted molar refractivity (Wildman–Crippen MR) is 84.1 cm³/mol. The van der Waals surface area contributed by atoms with Gasteiger partial charge in [0.1, 0.15) is 0 Å². The van der Waals surface area contributed by atoms with Gasteiger partial charge in [0.15, 0.2) is 0 Å². The zero-order valence-electron chi connectivity index (χ0n) is 8.99. The Kier molecular flexibility index (Phi) is 2.97. The summed E-state index contributed by atoms with van der Waals surface area (Å²) in [6.45, 7) is 0. The molecule has 0 aromatic carbocycles. The molecule has 0 saturated heterocycles. The molecule has 0 amide bonds. The molecule has 0 radical (unpaired) electrons. The molecule has 0 spiro atoms. The molecule has 0 aliphatic heterocycles. The zero-order chi connectivity index (χ0) is 13.0. The van der Waals surface area contributed by atoms with Crippen LogP contribution >= 0.6 is 54.5 Å². The molecule has 0 aliphatic rings. The molecule has 0 bridgehead atoms. The topological polar surface area (TPSA) is 39.1 Å². The fourth-order valence-corrected chi connectivity index (χ4v) is 5.17. The van der Waals surface area contributed by atoms with Crippen molar-refractivity contribution in [2.45, 2.75) is 0 Å². The maximum absolute atomic E-state index is 12.2. The second-order valence-corrected chi connectivity index (χ2v) is 8.62. The third kappa shape index (κ3) is 1.72. The van der Waals surface area contributed by atoms with Crippen LogP contribution in [0.5, 0.6) is 0 Å². The first-order valence-electron chi connectivity index (χ1n) is 4.90. The molecule has 0 aliphatic carbocycles. The smallest absolute Gasteiger partial charge is 0.262 e. The molecule has 3 nitrogen and oxygen atoms in total. The van der Waals surface area contributed by atoms with Gasteiger partial charge in [-0.1, -0.05) is 0 Å². The molecule has 92 valence electrons. The van der Waals surface area contributed by atoms with Gasteiger partial charge in [-0.2, -0.15) is 0 Å². The summed E-state index contributed by atoms with van der Waals surface area (Å²) in [5, 5.41) is 1.16. The summed E-state index contributed by atoms with van der Waals surface area (Å²) in [4.78, 5) is 24.4. The lowest BCUT2D eigenvalue weighted by Crippen LogP contribution is -2.26. The van der Waals surface area contributed by atoms with Crippen LogP contribution in [0.3, 0.4) is 0 Å². The normalized spacial score (nSPS) is 11.5. The van der Waals surface area contributed by atoms with E-state index in [1.807, 2.05) is 0 Å². The predicted octanol–water partition coefficient (Wildman–Crippen LogP) is 3.70. The Morgan fingerprint density at radius 3 is 1.72 bits per heavy atom. The summed E-state index contributed by atoms with van der Waals surface area (Å²) < 4.78 is 4.66. The summed E-state index contributed by atoms with van der Waals surface area (Å²) in [5.74, 6) is 0. The van der Waals surface area contributed by atoms with Crippen molar-refractivity contribution < 1.29 is 0 Å². The molecule has 0 atom stereocenters. The third-order valence-corrected chi connectivity index (χ3v) is 6.12. The van der Waals surface area contributed by atoms with E-state index < -0.39 is 0 Å². The molecule has 0 saturated carbocycles. The standard InChI is InChI=1S/C11H5Br2NO2S2/c1-14-10(15)4-2-6(12)17-8(4)9-5(11(14)16)3-7(13)18-9/h2-3H,1H3. The minimum atomic E-state index is -0.253. The quantitative estimate of drug-likeness (QED) is 0.570. The fourth-order valence-electron chi connectivity index (χ4n) is 1.83. The Labute approximate surface area is 126 Å². The van der Waals surface area contributed by atoms with Crippen LogP contribution in [0.1, 0.15) is 0 Å². The van der Waals surface area contributed by atoms with Crippen LogP contribution in [0.2, 0.25) is 0 Å². The van der Waals surface area contributed by atoms with Crippen molar-refractivity contribution in [2.75, 3.05) is 0 Å². The summed E-state index contributed by atoms with van der Waals surface area (Å²) in [7, 11) is 1.51. The molecule has 3 heterocycles. The minimum absolute atomic E-state index is 0.253. The van der Waals surface area contributed by atoms with Gasteiger partial charge in [0, 0.05) is 7.05 Å². The highest BCUT2D eigenvalue weighted by Crippen LogP contribution is 2.37. The number of hydrogen-bond acceptors (Lipinski definition) is 4. The summed E-state index contributed by atoms with van der Waals surface area (Å²) >= 11 is 9.74. The lowest BCUT2D eigenvalue weighted by Gasteiger charge is -1.87. The van der Waals surface area contributed by atoms with Crippen molar-refractivity contribution in [1.29, 1.82) is 0 Å². The van der Waals surface area contributed by atoms with E-state index in [0.717, 1.165) is 17.0 Å². The van der Waals surface area contributed by atoms with Crippen molar-refractivity contribution in [1.82, 2.24) is 4.57 Å². The molecule has 0 unspecified atom stereocenters. The molecule has 3 aromatic rings. The Hall–Kier alpha value is -0.500. The average molecular weight is 407 g/mol. The highest BCUT2D eigenvalue weighted by Gasteiger charge is 2.14. The van der Waals surface area contributed by atoms with Crippen LogP contribution in [0.4, 0.5) is 0 Å². The second kappa shape index (κ2) is 4.26. The lowest BCUT2D eigenvalue weighted by molar-refractivity contribution is 0.845. The maximum atomic E-state index is 12.2. The van der Waals surface area contributed by atoms with Gasteiger partial charge in [0.25, 0.3) is 11.1 Å². The van der Waals surface area contributed by atoms with Crippen LogP contribution in [0.15, 0.2) is 29.3 Å². The Bertz CT molecular complexity index is 834. The summed E-state index contributed by atoms with van der Waals surface area (Å²) in [5.41, 5.74) is -0.507. The largest absolute Gasteiger partial charge is 0.277 e. The highest BCUT2D eigenvalue weighted by atomic mass is 79.9. The molecule has 3 aromatic heterocycles. The number of thiophene rings is 2. The third-order valence-electron chi connectivity index (χ3n) is 2.68. The monoisotopic (exact) mass is 405 g/mol.